The van der Waals surface area contributed by atoms with Crippen molar-refractivity contribution in [2.45, 2.75) is 6.92 Å². The first kappa shape index (κ1) is 21.5. The molecule has 0 aliphatic carbocycles. The molecule has 1 saturated heterocycles. The smallest absolute Gasteiger partial charge is 0.294 e. The molecule has 1 aliphatic rings. The van der Waals surface area contributed by atoms with Gasteiger partial charge in [0.05, 0.1) is 24.7 Å². The highest BCUT2D eigenvalue weighted by molar-refractivity contribution is 7.80. The van der Waals surface area contributed by atoms with Crippen LogP contribution in [0.1, 0.15) is 17.3 Å². The van der Waals surface area contributed by atoms with E-state index in [1.54, 1.807) is 36.4 Å². The van der Waals surface area contributed by atoms with Crippen LogP contribution in [-0.2, 0) is 4.74 Å². The predicted octanol–water partition coefficient (Wildman–Crippen LogP) is 2.96. The number of carbonyl (C=O) groups excluding carboxylic acids is 1. The molecule has 9 nitrogen and oxygen atoms in total. The van der Waals surface area contributed by atoms with Gasteiger partial charge in [-0.05, 0) is 49.5 Å². The van der Waals surface area contributed by atoms with Gasteiger partial charge in [0, 0.05) is 30.4 Å². The molecular formula is C20H22N4O5S. The Morgan fingerprint density at radius 1 is 1.27 bits per heavy atom. The molecule has 0 saturated carbocycles. The number of carbonyl (C=O) groups is 1. The number of hydrogen-bond donors (Lipinski definition) is 2. The number of morpholine rings is 1. The van der Waals surface area contributed by atoms with Gasteiger partial charge in [0.25, 0.3) is 11.6 Å². The molecule has 2 aromatic rings. The van der Waals surface area contributed by atoms with Crippen molar-refractivity contribution in [3.05, 3.63) is 58.1 Å². The quantitative estimate of drug-likeness (QED) is 0.409. The van der Waals surface area contributed by atoms with Crippen LogP contribution in [0, 0.1) is 10.1 Å². The molecule has 0 atom stereocenters. The first-order chi connectivity index (χ1) is 14.5. The second-order valence-corrected chi connectivity index (χ2v) is 6.84. The van der Waals surface area contributed by atoms with Crippen molar-refractivity contribution in [2.24, 2.45) is 0 Å². The zero-order valence-corrected chi connectivity index (χ0v) is 17.2. The summed E-state index contributed by atoms with van der Waals surface area (Å²) in [6.07, 6.45) is 0. The molecule has 10 heteroatoms. The third kappa shape index (κ3) is 5.43. The fourth-order valence-corrected chi connectivity index (χ4v) is 3.26. The van der Waals surface area contributed by atoms with E-state index in [4.69, 9.17) is 21.7 Å². The van der Waals surface area contributed by atoms with Crippen LogP contribution in [0.2, 0.25) is 0 Å². The molecule has 1 amide bonds. The van der Waals surface area contributed by atoms with Crippen molar-refractivity contribution < 1.29 is 19.2 Å². The molecule has 0 bridgehead atoms. The molecule has 158 valence electrons. The second kappa shape index (κ2) is 9.99. The Kier molecular flexibility index (Phi) is 7.15. The Morgan fingerprint density at radius 3 is 2.73 bits per heavy atom. The zero-order chi connectivity index (χ0) is 21.5. The van der Waals surface area contributed by atoms with E-state index < -0.39 is 10.8 Å². The summed E-state index contributed by atoms with van der Waals surface area (Å²) in [5.74, 6) is 0.173. The Bertz CT molecular complexity index is 947. The number of nitro groups is 1. The Labute approximate surface area is 179 Å². The summed E-state index contributed by atoms with van der Waals surface area (Å²) in [7, 11) is 0. The third-order valence-electron chi connectivity index (χ3n) is 4.42. The van der Waals surface area contributed by atoms with Gasteiger partial charge in [-0.1, -0.05) is 6.07 Å². The molecule has 30 heavy (non-hydrogen) atoms. The molecule has 3 rings (SSSR count). The van der Waals surface area contributed by atoms with Gasteiger partial charge < -0.3 is 19.7 Å². The predicted molar refractivity (Wildman–Crippen MR) is 117 cm³/mol. The standard InChI is InChI=1S/C20H22N4O5S/c1-2-29-16-5-3-4-14(12-16)19(25)22-20(30)21-15-6-7-17(18(13-15)24(26)27)23-8-10-28-11-9-23/h3-7,12-13H,2,8-11H2,1H3,(H2,21,22,25,30). The van der Waals surface area contributed by atoms with Crippen LogP contribution in [-0.4, -0.2) is 48.9 Å². The SMILES string of the molecule is CCOc1cccc(C(=O)NC(=S)Nc2ccc(N3CCOCC3)c([N+](=O)[O-])c2)c1. The van der Waals surface area contributed by atoms with Crippen molar-refractivity contribution in [3.8, 4) is 5.75 Å². The van der Waals surface area contributed by atoms with E-state index in [0.717, 1.165) is 0 Å². The van der Waals surface area contributed by atoms with Gasteiger partial charge in [-0.25, -0.2) is 0 Å². The van der Waals surface area contributed by atoms with E-state index in [1.807, 2.05) is 11.8 Å². The van der Waals surface area contributed by atoms with Crippen LogP contribution in [0.5, 0.6) is 5.75 Å². The van der Waals surface area contributed by atoms with Crippen molar-refractivity contribution in [2.75, 3.05) is 43.1 Å². The maximum Gasteiger partial charge on any atom is 0.294 e. The summed E-state index contributed by atoms with van der Waals surface area (Å²) in [4.78, 5) is 25.5. The first-order valence-corrected chi connectivity index (χ1v) is 9.85. The number of anilines is 2. The average Bonchev–Trinajstić information content (AvgIpc) is 2.74. The Hall–Kier alpha value is -3.24. The van der Waals surface area contributed by atoms with Gasteiger partial charge in [0.2, 0.25) is 0 Å². The second-order valence-electron chi connectivity index (χ2n) is 6.43. The summed E-state index contributed by atoms with van der Waals surface area (Å²) in [5.41, 5.74) is 1.28. The minimum Gasteiger partial charge on any atom is -0.494 e. The molecule has 0 unspecified atom stereocenters. The summed E-state index contributed by atoms with van der Waals surface area (Å²) in [6, 6.07) is 11.5. The molecule has 1 heterocycles. The van der Waals surface area contributed by atoms with Gasteiger partial charge in [-0.15, -0.1) is 0 Å². The largest absolute Gasteiger partial charge is 0.494 e. The number of hydrogen-bond acceptors (Lipinski definition) is 7. The highest BCUT2D eigenvalue weighted by Crippen LogP contribution is 2.31. The number of ether oxygens (including phenoxy) is 2. The monoisotopic (exact) mass is 430 g/mol. The maximum atomic E-state index is 12.4. The maximum absolute atomic E-state index is 12.4. The van der Waals surface area contributed by atoms with E-state index in [2.05, 4.69) is 10.6 Å². The molecular weight excluding hydrogens is 408 g/mol. The summed E-state index contributed by atoms with van der Waals surface area (Å²) in [5, 5.41) is 17.0. The molecule has 2 N–H and O–H groups in total. The van der Waals surface area contributed by atoms with Crippen LogP contribution in [0.3, 0.4) is 0 Å². The fourth-order valence-electron chi connectivity index (χ4n) is 3.05. The number of nitro benzene ring substituents is 1. The molecule has 0 radical (unpaired) electrons. The van der Waals surface area contributed by atoms with Gasteiger partial charge in [-0.2, -0.15) is 0 Å². The number of amides is 1. The highest BCUT2D eigenvalue weighted by Gasteiger charge is 2.22. The van der Waals surface area contributed by atoms with Crippen LogP contribution >= 0.6 is 12.2 Å². The van der Waals surface area contributed by atoms with Gasteiger partial charge >= 0.3 is 0 Å². The molecule has 2 aromatic carbocycles. The minimum absolute atomic E-state index is 0.0373. The van der Waals surface area contributed by atoms with Crippen LogP contribution in [0.25, 0.3) is 0 Å². The number of nitrogens with one attached hydrogen (secondary N) is 2. The van der Waals surface area contributed by atoms with E-state index >= 15 is 0 Å². The fraction of sp³-hybridized carbons (Fsp3) is 0.300. The van der Waals surface area contributed by atoms with E-state index in [-0.39, 0.29) is 10.8 Å². The number of thiocarbonyl (C=S) groups is 1. The van der Waals surface area contributed by atoms with Gasteiger partial charge in [0.15, 0.2) is 5.11 Å². The minimum atomic E-state index is -0.434. The Morgan fingerprint density at radius 2 is 2.03 bits per heavy atom. The lowest BCUT2D eigenvalue weighted by molar-refractivity contribution is -0.384. The number of rotatable bonds is 6. The lowest BCUT2D eigenvalue weighted by Crippen LogP contribution is -2.36. The number of nitrogens with zero attached hydrogens (tertiary/aromatic N) is 2. The van der Waals surface area contributed by atoms with Crippen LogP contribution in [0.4, 0.5) is 17.1 Å². The molecule has 0 aromatic heterocycles. The molecule has 0 spiro atoms. The summed E-state index contributed by atoms with van der Waals surface area (Å²) >= 11 is 5.19. The van der Waals surface area contributed by atoms with Gasteiger partial charge in [-0.3, -0.25) is 20.2 Å². The highest BCUT2D eigenvalue weighted by atomic mass is 32.1. The normalized spacial score (nSPS) is 13.4. The lowest BCUT2D eigenvalue weighted by Gasteiger charge is -2.28. The summed E-state index contributed by atoms with van der Waals surface area (Å²) < 4.78 is 10.7. The number of benzene rings is 2. The average molecular weight is 430 g/mol. The van der Waals surface area contributed by atoms with Crippen molar-refractivity contribution >= 4 is 40.3 Å². The van der Waals surface area contributed by atoms with Crippen LogP contribution in [0.15, 0.2) is 42.5 Å². The van der Waals surface area contributed by atoms with Crippen molar-refractivity contribution in [1.82, 2.24) is 5.32 Å². The van der Waals surface area contributed by atoms with Gasteiger partial charge in [0.1, 0.15) is 11.4 Å². The van der Waals surface area contributed by atoms with Crippen molar-refractivity contribution in [1.29, 1.82) is 0 Å². The first-order valence-electron chi connectivity index (χ1n) is 9.44. The van der Waals surface area contributed by atoms with Crippen LogP contribution < -0.4 is 20.3 Å². The third-order valence-corrected chi connectivity index (χ3v) is 4.62. The Balaban J connectivity index is 1.68. The van der Waals surface area contributed by atoms with E-state index in [1.165, 1.54) is 6.07 Å². The topological polar surface area (TPSA) is 106 Å². The zero-order valence-electron chi connectivity index (χ0n) is 16.4. The lowest BCUT2D eigenvalue weighted by atomic mass is 10.2. The molecule has 1 aliphatic heterocycles. The summed E-state index contributed by atoms with van der Waals surface area (Å²) in [6.45, 7) is 4.57. The van der Waals surface area contributed by atoms with E-state index in [0.29, 0.717) is 55.6 Å². The van der Waals surface area contributed by atoms with E-state index in [9.17, 15) is 14.9 Å². The van der Waals surface area contributed by atoms with Crippen molar-refractivity contribution in [3.63, 3.8) is 0 Å². The molecule has 1 fully saturated rings.